The number of piperidine rings is 2. The summed E-state index contributed by atoms with van der Waals surface area (Å²) < 4.78 is 70.1. The number of rotatable bonds is 8. The molecule has 5 aliphatic rings. The van der Waals surface area contributed by atoms with Crippen LogP contribution in [0.2, 0.25) is 5.02 Å². The number of aromatic nitrogens is 5. The van der Waals surface area contributed by atoms with E-state index in [1.54, 1.807) is 17.8 Å². The lowest BCUT2D eigenvalue weighted by atomic mass is 9.92. The molecule has 0 radical (unpaired) electrons. The molecule has 2 atom stereocenters. The summed E-state index contributed by atoms with van der Waals surface area (Å²) in [4.78, 5) is 53.2. The topological polar surface area (TPSA) is 155 Å². The largest absolute Gasteiger partial charge is 0.480 e. The summed E-state index contributed by atoms with van der Waals surface area (Å²) in [6.07, 6.45) is 5.04. The number of carbonyl (C=O) groups excluding carboxylic acids is 2. The van der Waals surface area contributed by atoms with Crippen molar-refractivity contribution in [3.63, 3.8) is 0 Å². The molecule has 10 rings (SSSR count). The predicted molar refractivity (Wildman–Crippen MR) is 229 cm³/mol. The third kappa shape index (κ3) is 7.65. The number of alkyl halides is 2. The number of nitrogens with zero attached hydrogens (tertiary/aromatic N) is 8. The van der Waals surface area contributed by atoms with E-state index in [2.05, 4.69) is 40.8 Å². The Balaban J connectivity index is 0.780. The molecule has 15 nitrogen and oxygen atoms in total. The van der Waals surface area contributed by atoms with E-state index in [1.165, 1.54) is 36.0 Å². The second-order valence-electron chi connectivity index (χ2n) is 17.5. The van der Waals surface area contributed by atoms with Crippen molar-refractivity contribution in [2.24, 2.45) is 25.9 Å². The number of benzene rings is 2. The number of ether oxygens (including phenoxy) is 1. The first-order valence-corrected chi connectivity index (χ1v) is 21.7. The van der Waals surface area contributed by atoms with Crippen LogP contribution in [0.25, 0.3) is 21.8 Å². The minimum Gasteiger partial charge on any atom is -0.480 e. The molecular weight excluding hydrogens is 846 g/mol. The normalized spacial score (nSPS) is 22.1. The highest BCUT2D eigenvalue weighted by Crippen LogP contribution is 2.46. The Bertz CT molecular complexity index is 2730. The molecule has 3 aromatic heterocycles. The second-order valence-corrected chi connectivity index (χ2v) is 17.9. The zero-order valence-electron chi connectivity index (χ0n) is 34.7. The quantitative estimate of drug-likeness (QED) is 0.130. The molecule has 0 spiro atoms. The van der Waals surface area contributed by atoms with E-state index in [4.69, 9.17) is 16.3 Å². The molecule has 1 unspecified atom stereocenters. The molecule has 0 bridgehead atoms. The van der Waals surface area contributed by atoms with Crippen LogP contribution in [-0.2, 0) is 23.7 Å². The zero-order chi connectivity index (χ0) is 43.9. The van der Waals surface area contributed by atoms with E-state index in [0.29, 0.717) is 79.5 Å². The standard InChI is InChI=1S/C43H46ClF4N11O4/c1-55-31-17-28(45)30(16-26(31)36-37(41(55)62)63-21-43(47,48)38(52-36)23-3-4-23)50-39-27(44)19-49-42(53-39)59-9-7-22(8-10-59)20-57-11-13-58(14-12-57)33-18-32-25(15-29(33)46)35(54-56(32)2)24-5-6-34(60)51-40(24)61/h15-19,22-24,38,52H,3-14,20-21H2,1-2H3,(H,49,50,53)(H,51,60,61)/t24?,38-/m0/s1. The molecule has 4 aliphatic heterocycles. The number of hydrogen-bond acceptors (Lipinski definition) is 12. The van der Waals surface area contributed by atoms with Crippen LogP contribution in [-0.4, -0.2) is 105 Å². The van der Waals surface area contributed by atoms with Gasteiger partial charge in [0, 0.05) is 83.2 Å². The zero-order valence-corrected chi connectivity index (χ0v) is 35.5. The Morgan fingerprint density at radius 2 is 1.67 bits per heavy atom. The number of pyridine rings is 1. The number of imide groups is 1. The lowest BCUT2D eigenvalue weighted by Crippen LogP contribution is -2.49. The molecule has 1 saturated carbocycles. The highest BCUT2D eigenvalue weighted by molar-refractivity contribution is 6.33. The first-order chi connectivity index (χ1) is 30.2. The number of anilines is 5. The van der Waals surface area contributed by atoms with Gasteiger partial charge in [0.1, 0.15) is 16.7 Å². The van der Waals surface area contributed by atoms with Crippen LogP contribution < -0.4 is 36.0 Å². The Hall–Kier alpha value is -5.69. The molecule has 7 heterocycles. The highest BCUT2D eigenvalue weighted by Gasteiger charge is 2.51. The van der Waals surface area contributed by atoms with Gasteiger partial charge < -0.3 is 29.7 Å². The Morgan fingerprint density at radius 1 is 0.905 bits per heavy atom. The number of aryl methyl sites for hydroxylation is 2. The molecular formula is C43H46ClF4N11O4. The van der Waals surface area contributed by atoms with Crippen LogP contribution in [0.15, 0.2) is 35.3 Å². The van der Waals surface area contributed by atoms with E-state index in [-0.39, 0.29) is 57.5 Å². The molecule has 5 aromatic rings. The van der Waals surface area contributed by atoms with Gasteiger partial charge in [-0.25, -0.2) is 22.5 Å². The van der Waals surface area contributed by atoms with Crippen molar-refractivity contribution in [1.29, 1.82) is 0 Å². The molecule has 4 fully saturated rings. The summed E-state index contributed by atoms with van der Waals surface area (Å²) in [5, 5.41) is 13.9. The van der Waals surface area contributed by atoms with Crippen molar-refractivity contribution < 1.29 is 31.9 Å². The summed E-state index contributed by atoms with van der Waals surface area (Å²) in [7, 11) is 3.22. The van der Waals surface area contributed by atoms with Crippen LogP contribution in [0.3, 0.4) is 0 Å². The molecule has 3 N–H and O–H groups in total. The van der Waals surface area contributed by atoms with Crippen molar-refractivity contribution in [1.82, 2.24) is 34.5 Å². The third-order valence-electron chi connectivity index (χ3n) is 13.3. The number of hydrogen-bond donors (Lipinski definition) is 3. The fraction of sp³-hybridized carbons (Fsp3) is 0.488. The first-order valence-electron chi connectivity index (χ1n) is 21.4. The molecule has 20 heteroatoms. The van der Waals surface area contributed by atoms with Crippen LogP contribution in [0.4, 0.5) is 46.4 Å². The van der Waals surface area contributed by atoms with Crippen LogP contribution >= 0.6 is 11.6 Å². The van der Waals surface area contributed by atoms with Crippen molar-refractivity contribution in [2.75, 3.05) is 72.9 Å². The smallest absolute Gasteiger partial charge is 0.301 e. The van der Waals surface area contributed by atoms with E-state index in [1.807, 2.05) is 4.90 Å². The van der Waals surface area contributed by atoms with Crippen molar-refractivity contribution in [3.05, 3.63) is 63.2 Å². The van der Waals surface area contributed by atoms with Crippen LogP contribution in [0.5, 0.6) is 5.75 Å². The summed E-state index contributed by atoms with van der Waals surface area (Å²) in [6.45, 7) is 4.14. The summed E-state index contributed by atoms with van der Waals surface area (Å²) in [5.41, 5.74) is 1.34. The Labute approximate surface area is 363 Å². The second kappa shape index (κ2) is 15.8. The first kappa shape index (κ1) is 41.3. The predicted octanol–water partition coefficient (Wildman–Crippen LogP) is 5.67. The van der Waals surface area contributed by atoms with E-state index in [0.717, 1.165) is 38.0 Å². The van der Waals surface area contributed by atoms with Gasteiger partial charge in [-0.05, 0) is 62.1 Å². The van der Waals surface area contributed by atoms with Gasteiger partial charge in [0.05, 0.1) is 51.9 Å². The fourth-order valence-corrected chi connectivity index (χ4v) is 9.78. The number of halogens is 5. The number of carbonyl (C=O) groups is 2. The molecule has 2 aromatic carbocycles. The maximum Gasteiger partial charge on any atom is 0.301 e. The molecule has 1 aliphatic carbocycles. The molecule has 2 amide bonds. The maximum absolute atomic E-state index is 15.8. The van der Waals surface area contributed by atoms with Crippen molar-refractivity contribution >= 4 is 74.0 Å². The molecule has 332 valence electrons. The van der Waals surface area contributed by atoms with E-state index >= 15 is 17.6 Å². The average molecular weight is 892 g/mol. The monoisotopic (exact) mass is 891 g/mol. The summed E-state index contributed by atoms with van der Waals surface area (Å²) >= 11 is 6.55. The number of nitrogens with one attached hydrogen (secondary N) is 3. The van der Waals surface area contributed by atoms with Gasteiger partial charge in [0.25, 0.3) is 5.56 Å². The minimum atomic E-state index is -3.22. The van der Waals surface area contributed by atoms with Gasteiger partial charge in [-0.15, -0.1) is 0 Å². The van der Waals surface area contributed by atoms with Gasteiger partial charge in [0.2, 0.25) is 23.5 Å². The number of fused-ring (bicyclic) bond motifs is 4. The molecule has 63 heavy (non-hydrogen) atoms. The minimum absolute atomic E-state index is 0.0198. The lowest BCUT2D eigenvalue weighted by Gasteiger charge is -2.39. The van der Waals surface area contributed by atoms with Crippen LogP contribution in [0, 0.1) is 23.5 Å². The molecule has 3 saturated heterocycles. The summed E-state index contributed by atoms with van der Waals surface area (Å²) in [6, 6.07) is 4.66. The van der Waals surface area contributed by atoms with Gasteiger partial charge in [-0.1, -0.05) is 11.6 Å². The Kier molecular flexibility index (Phi) is 10.4. The van der Waals surface area contributed by atoms with Crippen molar-refractivity contribution in [3.8, 4) is 5.75 Å². The number of piperazine rings is 1. The van der Waals surface area contributed by atoms with Crippen LogP contribution in [0.1, 0.15) is 50.1 Å². The summed E-state index contributed by atoms with van der Waals surface area (Å²) in [5.74, 6) is -5.12. The van der Waals surface area contributed by atoms with Gasteiger partial charge in [-0.3, -0.25) is 29.3 Å². The van der Waals surface area contributed by atoms with Gasteiger partial charge >= 0.3 is 5.92 Å². The Morgan fingerprint density at radius 3 is 2.40 bits per heavy atom. The highest BCUT2D eigenvalue weighted by atomic mass is 35.5. The number of amides is 2. The SMILES string of the molecule is Cn1nc(C2CCC(=O)NC2=O)c2cc(F)c(N3CCN(CC4CCN(c5ncc(Cl)c(Nc6cc7c8c(c(=O)n(C)c7cc6F)OCC(F)(F)[C@H](C6CC6)N8)n5)CC4)CC3)cc21. The van der Waals surface area contributed by atoms with Gasteiger partial charge in [-0.2, -0.15) is 10.1 Å². The maximum atomic E-state index is 15.8. The van der Waals surface area contributed by atoms with E-state index in [9.17, 15) is 14.4 Å². The van der Waals surface area contributed by atoms with Crippen molar-refractivity contribution in [2.45, 2.75) is 56.4 Å². The third-order valence-corrected chi connectivity index (χ3v) is 13.6. The van der Waals surface area contributed by atoms with Gasteiger partial charge in [0.15, 0.2) is 12.4 Å². The fourth-order valence-electron chi connectivity index (χ4n) is 9.64. The average Bonchev–Trinajstić information content (AvgIpc) is 4.07. The van der Waals surface area contributed by atoms with E-state index < -0.39 is 41.8 Å². The lowest BCUT2D eigenvalue weighted by molar-refractivity contribution is -0.134.